The van der Waals surface area contributed by atoms with Crippen molar-refractivity contribution in [1.29, 1.82) is 0 Å². The van der Waals surface area contributed by atoms with Crippen molar-refractivity contribution in [2.45, 2.75) is 31.0 Å². The number of hydrogen-bond donors (Lipinski definition) is 1. The Balaban J connectivity index is 1.72. The number of pyridine rings is 1. The van der Waals surface area contributed by atoms with Crippen LogP contribution in [0.25, 0.3) is 0 Å². The van der Waals surface area contributed by atoms with Crippen molar-refractivity contribution in [2.24, 2.45) is 0 Å². The summed E-state index contributed by atoms with van der Waals surface area (Å²) < 4.78 is 37.7. The molecule has 2 atom stereocenters. The van der Waals surface area contributed by atoms with Gasteiger partial charge >= 0.3 is 0 Å². The molecule has 150 valence electrons. The first kappa shape index (κ1) is 20.2. The van der Waals surface area contributed by atoms with Gasteiger partial charge in [0.1, 0.15) is 0 Å². The number of nitrogens with zero attached hydrogens (tertiary/aromatic N) is 2. The largest absolute Gasteiger partial charge is 0.481 e. The van der Waals surface area contributed by atoms with E-state index < -0.39 is 10.0 Å². The summed E-state index contributed by atoms with van der Waals surface area (Å²) in [6, 6.07) is 9.18. The molecule has 0 radical (unpaired) electrons. The zero-order chi connectivity index (χ0) is 20.3. The minimum absolute atomic E-state index is 0.150. The van der Waals surface area contributed by atoms with Gasteiger partial charge in [-0.05, 0) is 44.2 Å². The third-order valence-electron chi connectivity index (χ3n) is 4.34. The molecule has 0 unspecified atom stereocenters. The van der Waals surface area contributed by atoms with E-state index in [0.717, 1.165) is 0 Å². The zero-order valence-corrected chi connectivity index (χ0v) is 16.8. The van der Waals surface area contributed by atoms with E-state index in [1.54, 1.807) is 12.1 Å². The van der Waals surface area contributed by atoms with Crippen LogP contribution in [0.4, 0.5) is 5.69 Å². The highest BCUT2D eigenvalue weighted by Crippen LogP contribution is 2.22. The monoisotopic (exact) mass is 405 g/mol. The number of carbonyl (C=O) groups is 1. The second-order valence-electron chi connectivity index (χ2n) is 6.65. The summed E-state index contributed by atoms with van der Waals surface area (Å²) in [6.45, 7) is 4.30. The molecule has 1 fully saturated rings. The van der Waals surface area contributed by atoms with Gasteiger partial charge in [0.25, 0.3) is 5.91 Å². The van der Waals surface area contributed by atoms with Crippen LogP contribution in [0, 0.1) is 0 Å². The molecule has 1 aromatic carbocycles. The van der Waals surface area contributed by atoms with Gasteiger partial charge in [0.05, 0.1) is 36.1 Å². The molecule has 9 heteroatoms. The Kier molecular flexibility index (Phi) is 5.97. The molecule has 1 saturated heterocycles. The van der Waals surface area contributed by atoms with E-state index in [4.69, 9.17) is 9.47 Å². The summed E-state index contributed by atoms with van der Waals surface area (Å²) in [5.74, 6) is 0.0869. The number of benzene rings is 1. The fourth-order valence-electron chi connectivity index (χ4n) is 3.03. The Labute approximate surface area is 164 Å². The molecule has 1 aliphatic heterocycles. The van der Waals surface area contributed by atoms with Crippen LogP contribution in [0.1, 0.15) is 24.2 Å². The van der Waals surface area contributed by atoms with E-state index in [1.165, 1.54) is 41.9 Å². The molecule has 0 bridgehead atoms. The van der Waals surface area contributed by atoms with Gasteiger partial charge in [-0.15, -0.1) is 0 Å². The van der Waals surface area contributed by atoms with Crippen molar-refractivity contribution in [2.75, 3.05) is 25.5 Å². The molecule has 1 aliphatic rings. The zero-order valence-electron chi connectivity index (χ0n) is 16.0. The molecule has 1 amide bonds. The van der Waals surface area contributed by atoms with Crippen LogP contribution in [-0.2, 0) is 14.8 Å². The Hall–Kier alpha value is -2.49. The van der Waals surface area contributed by atoms with E-state index >= 15 is 0 Å². The number of aromatic nitrogens is 1. The van der Waals surface area contributed by atoms with E-state index in [-0.39, 0.29) is 23.0 Å². The standard InChI is InChI=1S/C19H23N3O5S/c1-13-11-22(12-14(2)27-13)28(24,25)17-7-4-15(5-8-17)19(23)21-16-6-9-18(26-3)20-10-16/h4-10,13-14H,11-12H2,1-3H3,(H,21,23)/t13-,14-/m0/s1. The van der Waals surface area contributed by atoms with Gasteiger partial charge in [0, 0.05) is 24.7 Å². The van der Waals surface area contributed by atoms with Crippen LogP contribution >= 0.6 is 0 Å². The average molecular weight is 405 g/mol. The number of nitrogens with one attached hydrogen (secondary N) is 1. The second-order valence-corrected chi connectivity index (χ2v) is 8.59. The third kappa shape index (κ3) is 4.49. The quantitative estimate of drug-likeness (QED) is 0.818. The van der Waals surface area contributed by atoms with Crippen molar-refractivity contribution >= 4 is 21.6 Å². The molecule has 3 rings (SSSR count). The van der Waals surface area contributed by atoms with Gasteiger partial charge in [0.15, 0.2) is 0 Å². The lowest BCUT2D eigenvalue weighted by atomic mass is 10.2. The molecule has 1 aromatic heterocycles. The minimum atomic E-state index is -3.64. The lowest BCUT2D eigenvalue weighted by Gasteiger charge is -2.34. The van der Waals surface area contributed by atoms with E-state index in [9.17, 15) is 13.2 Å². The van der Waals surface area contributed by atoms with Crippen LogP contribution in [0.2, 0.25) is 0 Å². The molecule has 0 saturated carbocycles. The number of amides is 1. The first-order valence-electron chi connectivity index (χ1n) is 8.86. The van der Waals surface area contributed by atoms with E-state index in [0.29, 0.717) is 30.2 Å². The first-order chi connectivity index (χ1) is 13.3. The summed E-state index contributed by atoms with van der Waals surface area (Å²) in [7, 11) is -2.13. The number of hydrogen-bond acceptors (Lipinski definition) is 6. The van der Waals surface area contributed by atoms with Gasteiger partial charge in [-0.25, -0.2) is 13.4 Å². The summed E-state index contributed by atoms with van der Waals surface area (Å²) in [4.78, 5) is 16.5. The summed E-state index contributed by atoms with van der Waals surface area (Å²) in [5.41, 5.74) is 0.859. The summed E-state index contributed by atoms with van der Waals surface area (Å²) in [6.07, 6.45) is 1.15. The van der Waals surface area contributed by atoms with E-state index in [1.807, 2.05) is 13.8 Å². The topological polar surface area (TPSA) is 97.8 Å². The highest BCUT2D eigenvalue weighted by molar-refractivity contribution is 7.89. The van der Waals surface area contributed by atoms with Gasteiger partial charge < -0.3 is 14.8 Å². The van der Waals surface area contributed by atoms with Crippen molar-refractivity contribution < 1.29 is 22.7 Å². The maximum absolute atomic E-state index is 12.9. The maximum Gasteiger partial charge on any atom is 0.255 e. The molecule has 0 aliphatic carbocycles. The van der Waals surface area contributed by atoms with Crippen LogP contribution in [0.3, 0.4) is 0 Å². The maximum atomic E-state index is 12.9. The first-order valence-corrected chi connectivity index (χ1v) is 10.3. The molecule has 8 nitrogen and oxygen atoms in total. The number of carbonyl (C=O) groups excluding carboxylic acids is 1. The normalized spacial score (nSPS) is 20.5. The highest BCUT2D eigenvalue weighted by atomic mass is 32.2. The fraction of sp³-hybridized carbons (Fsp3) is 0.368. The smallest absolute Gasteiger partial charge is 0.255 e. The number of anilines is 1. The molecular weight excluding hydrogens is 382 g/mol. The van der Waals surface area contributed by atoms with Crippen LogP contribution in [-0.4, -0.2) is 56.0 Å². The predicted molar refractivity (Wildman–Crippen MR) is 104 cm³/mol. The van der Waals surface area contributed by atoms with Crippen LogP contribution in [0.5, 0.6) is 5.88 Å². The molecular formula is C19H23N3O5S. The van der Waals surface area contributed by atoms with Crippen molar-refractivity contribution in [1.82, 2.24) is 9.29 Å². The lowest BCUT2D eigenvalue weighted by Crippen LogP contribution is -2.48. The van der Waals surface area contributed by atoms with Crippen LogP contribution in [0.15, 0.2) is 47.5 Å². The number of morpholine rings is 1. The van der Waals surface area contributed by atoms with Gasteiger partial charge in [-0.2, -0.15) is 4.31 Å². The number of rotatable bonds is 5. The Morgan fingerprint density at radius 2 is 1.79 bits per heavy atom. The summed E-state index contributed by atoms with van der Waals surface area (Å²) in [5, 5.41) is 2.71. The Morgan fingerprint density at radius 1 is 1.14 bits per heavy atom. The lowest BCUT2D eigenvalue weighted by molar-refractivity contribution is -0.0440. The van der Waals surface area contributed by atoms with Gasteiger partial charge in [-0.3, -0.25) is 4.79 Å². The van der Waals surface area contributed by atoms with Gasteiger partial charge in [0.2, 0.25) is 15.9 Å². The van der Waals surface area contributed by atoms with Crippen LogP contribution < -0.4 is 10.1 Å². The molecule has 2 heterocycles. The average Bonchev–Trinajstić information content (AvgIpc) is 2.68. The molecule has 2 aromatic rings. The fourth-order valence-corrected chi connectivity index (χ4v) is 4.62. The van der Waals surface area contributed by atoms with Crippen molar-refractivity contribution in [3.8, 4) is 5.88 Å². The molecule has 1 N–H and O–H groups in total. The summed E-state index contributed by atoms with van der Waals surface area (Å²) >= 11 is 0. The van der Waals surface area contributed by atoms with E-state index in [2.05, 4.69) is 10.3 Å². The third-order valence-corrected chi connectivity index (χ3v) is 6.19. The number of methoxy groups -OCH3 is 1. The Morgan fingerprint density at radius 3 is 2.32 bits per heavy atom. The highest BCUT2D eigenvalue weighted by Gasteiger charge is 2.32. The Bertz CT molecular complexity index is 919. The SMILES string of the molecule is COc1ccc(NC(=O)c2ccc(S(=O)(=O)N3C[C@H](C)O[C@@H](C)C3)cc2)cn1. The minimum Gasteiger partial charge on any atom is -0.481 e. The second kappa shape index (κ2) is 8.26. The number of sulfonamides is 1. The van der Waals surface area contributed by atoms with Gasteiger partial charge in [-0.1, -0.05) is 0 Å². The molecule has 0 spiro atoms. The number of ether oxygens (including phenoxy) is 2. The van der Waals surface area contributed by atoms with Crippen molar-refractivity contribution in [3.63, 3.8) is 0 Å². The molecule has 28 heavy (non-hydrogen) atoms. The van der Waals surface area contributed by atoms with Crippen molar-refractivity contribution in [3.05, 3.63) is 48.2 Å². The predicted octanol–water partition coefficient (Wildman–Crippen LogP) is 2.14.